The number of carbonyl (C=O) groups is 1. The molecule has 2 atom stereocenters. The predicted octanol–water partition coefficient (Wildman–Crippen LogP) is 3.12. The lowest BCUT2D eigenvalue weighted by atomic mass is 9.86. The van der Waals surface area contributed by atoms with Gasteiger partial charge in [-0.1, -0.05) is 13.0 Å². The number of nitrogens with one attached hydrogen (secondary N) is 1. The summed E-state index contributed by atoms with van der Waals surface area (Å²) in [4.78, 5) is 24.9. The molecule has 9 nitrogen and oxygen atoms in total. The molecule has 4 heterocycles. The van der Waals surface area contributed by atoms with E-state index in [2.05, 4.69) is 28.4 Å². The average molecular weight is 525 g/mol. The first-order valence-corrected chi connectivity index (χ1v) is 13.4. The van der Waals surface area contributed by atoms with Crippen LogP contribution in [0.15, 0.2) is 35.4 Å². The summed E-state index contributed by atoms with van der Waals surface area (Å²) in [6.45, 7) is 7.56. The van der Waals surface area contributed by atoms with Crippen molar-refractivity contribution in [1.29, 1.82) is 0 Å². The van der Waals surface area contributed by atoms with Crippen LogP contribution in [0.1, 0.15) is 49.4 Å². The van der Waals surface area contributed by atoms with E-state index in [9.17, 15) is 14.3 Å². The van der Waals surface area contributed by atoms with Crippen molar-refractivity contribution in [3.63, 3.8) is 0 Å². The number of urea groups is 1. The van der Waals surface area contributed by atoms with Crippen LogP contribution >= 0.6 is 0 Å². The minimum atomic E-state index is -0.416. The van der Waals surface area contributed by atoms with Crippen LogP contribution in [0.25, 0.3) is 0 Å². The monoisotopic (exact) mass is 524 g/mol. The number of pyridine rings is 1. The Morgan fingerprint density at radius 2 is 2.05 bits per heavy atom. The van der Waals surface area contributed by atoms with Crippen molar-refractivity contribution in [2.24, 2.45) is 5.10 Å². The molecule has 2 aromatic rings. The number of aliphatic hydroxyl groups is 1. The Kier molecular flexibility index (Phi) is 7.54. The number of hydrazone groups is 1. The fraction of sp³-hybridized carbons (Fsp3) is 0.536. The second kappa shape index (κ2) is 10.9. The number of hydrogen-bond acceptors (Lipinski definition) is 7. The van der Waals surface area contributed by atoms with Gasteiger partial charge in [-0.3, -0.25) is 4.90 Å². The first-order valence-electron chi connectivity index (χ1n) is 13.4. The van der Waals surface area contributed by atoms with Crippen LogP contribution in [0.2, 0.25) is 0 Å². The zero-order valence-electron chi connectivity index (χ0n) is 22.4. The number of β-amino-alcohol motifs (C(OH)–C–C–N with tert-alkyl or cyclic N) is 1. The van der Waals surface area contributed by atoms with Crippen molar-refractivity contribution in [3.05, 3.63) is 53.0 Å². The van der Waals surface area contributed by atoms with Crippen molar-refractivity contribution >= 4 is 18.1 Å². The van der Waals surface area contributed by atoms with Gasteiger partial charge < -0.3 is 25.1 Å². The Labute approximate surface area is 223 Å². The van der Waals surface area contributed by atoms with Crippen molar-refractivity contribution in [2.75, 3.05) is 44.7 Å². The summed E-state index contributed by atoms with van der Waals surface area (Å²) in [6, 6.07) is 8.47. The Morgan fingerprint density at radius 1 is 1.26 bits per heavy atom. The van der Waals surface area contributed by atoms with Gasteiger partial charge in [-0.25, -0.2) is 14.2 Å². The highest BCUT2D eigenvalue weighted by Crippen LogP contribution is 2.39. The van der Waals surface area contributed by atoms with Crippen molar-refractivity contribution in [2.45, 2.75) is 57.2 Å². The molecule has 2 fully saturated rings. The van der Waals surface area contributed by atoms with E-state index in [-0.39, 0.29) is 18.5 Å². The van der Waals surface area contributed by atoms with E-state index in [1.165, 1.54) is 19.2 Å². The lowest BCUT2D eigenvalue weighted by Crippen LogP contribution is -2.54. The van der Waals surface area contributed by atoms with E-state index in [1.807, 2.05) is 17.2 Å². The zero-order chi connectivity index (χ0) is 26.9. The maximum absolute atomic E-state index is 14.3. The van der Waals surface area contributed by atoms with Gasteiger partial charge in [0.05, 0.1) is 25.3 Å². The van der Waals surface area contributed by atoms with Crippen LogP contribution in [-0.4, -0.2) is 83.6 Å². The third-order valence-corrected chi connectivity index (χ3v) is 7.97. The lowest BCUT2D eigenvalue weighted by Gasteiger charge is -2.44. The van der Waals surface area contributed by atoms with Gasteiger partial charge in [-0.2, -0.15) is 5.10 Å². The number of hydrogen-bond donors (Lipinski definition) is 2. The normalized spacial score (nSPS) is 21.8. The first-order chi connectivity index (χ1) is 18.3. The highest BCUT2D eigenvalue weighted by atomic mass is 19.1. The molecule has 3 aliphatic rings. The van der Waals surface area contributed by atoms with Gasteiger partial charge in [0.25, 0.3) is 0 Å². The molecule has 204 valence electrons. The number of anilines is 1. The number of halogens is 1. The van der Waals surface area contributed by atoms with Gasteiger partial charge in [-0.05, 0) is 55.5 Å². The second-order valence-corrected chi connectivity index (χ2v) is 10.6. The molecule has 2 N–H and O–H groups in total. The quantitative estimate of drug-likeness (QED) is 0.551. The molecule has 1 spiro atoms. The molecule has 0 bridgehead atoms. The maximum atomic E-state index is 14.3. The second-order valence-electron chi connectivity index (χ2n) is 10.6. The molecule has 1 aromatic heterocycles. The Hall–Kier alpha value is -3.24. The van der Waals surface area contributed by atoms with Crippen LogP contribution in [-0.2, 0) is 13.0 Å². The van der Waals surface area contributed by atoms with Crippen molar-refractivity contribution in [1.82, 2.24) is 20.2 Å². The number of amides is 2. The molecule has 5 rings (SSSR count). The number of methoxy groups -OCH3 is 1. The SMILES string of the molecule is CCc1nc(N2CC3(CCN(CC(C)O)CC3)N(Cc3cc(F)cc(OC)c3)C2=O)ccc1C1C=NNC1. The molecule has 0 aliphatic carbocycles. The number of ether oxygens (including phenoxy) is 1. The zero-order valence-corrected chi connectivity index (χ0v) is 22.4. The molecule has 1 aromatic carbocycles. The summed E-state index contributed by atoms with van der Waals surface area (Å²) < 4.78 is 19.6. The molecule has 0 radical (unpaired) electrons. The summed E-state index contributed by atoms with van der Waals surface area (Å²) >= 11 is 0. The van der Waals surface area contributed by atoms with Crippen molar-refractivity contribution < 1.29 is 19.0 Å². The number of likely N-dealkylation sites (tertiary alicyclic amines) is 1. The number of piperidine rings is 1. The van der Waals surface area contributed by atoms with Gasteiger partial charge in [0.15, 0.2) is 0 Å². The predicted molar refractivity (Wildman–Crippen MR) is 144 cm³/mol. The minimum absolute atomic E-state index is 0.122. The smallest absolute Gasteiger partial charge is 0.326 e. The summed E-state index contributed by atoms with van der Waals surface area (Å²) in [5, 5.41) is 14.0. The van der Waals surface area contributed by atoms with E-state index in [1.54, 1.807) is 17.9 Å². The number of aliphatic hydroxyl groups excluding tert-OH is 1. The molecule has 3 aliphatic heterocycles. The van der Waals surface area contributed by atoms with Crippen LogP contribution in [0.5, 0.6) is 5.75 Å². The number of benzene rings is 1. The Balaban J connectivity index is 1.46. The molecule has 0 saturated carbocycles. The summed E-state index contributed by atoms with van der Waals surface area (Å²) in [5.41, 5.74) is 5.37. The highest BCUT2D eigenvalue weighted by Gasteiger charge is 2.51. The van der Waals surface area contributed by atoms with Gasteiger partial charge in [0.1, 0.15) is 17.4 Å². The lowest BCUT2D eigenvalue weighted by molar-refractivity contribution is 0.0487. The minimum Gasteiger partial charge on any atom is -0.497 e. The van der Waals surface area contributed by atoms with Crippen LogP contribution in [0.4, 0.5) is 15.0 Å². The van der Waals surface area contributed by atoms with E-state index >= 15 is 0 Å². The summed E-state index contributed by atoms with van der Waals surface area (Å²) in [5.74, 6) is 0.853. The van der Waals surface area contributed by atoms with Crippen molar-refractivity contribution in [3.8, 4) is 5.75 Å². The first kappa shape index (κ1) is 26.4. The number of aromatic nitrogens is 1. The Bertz CT molecular complexity index is 1200. The van der Waals surface area contributed by atoms with Gasteiger partial charge in [0, 0.05) is 56.6 Å². The third-order valence-electron chi connectivity index (χ3n) is 7.97. The van der Waals surface area contributed by atoms with Gasteiger partial charge in [-0.15, -0.1) is 0 Å². The number of aryl methyl sites for hydroxylation is 1. The molecule has 10 heteroatoms. The molecule has 38 heavy (non-hydrogen) atoms. The standard InChI is InChI=1S/C28H37FN6O3/c1-4-25-24(21-14-30-31-15-21)5-6-26(32-25)34-18-28(7-9-33(10-8-28)16-19(2)36)35(27(34)37)17-20-11-22(29)13-23(12-20)38-3/h5-6,11-14,19,21,31,36H,4,7-10,15-18H2,1-3H3. The molecular weight excluding hydrogens is 487 g/mol. The summed E-state index contributed by atoms with van der Waals surface area (Å²) in [6.07, 6.45) is 3.77. The van der Waals surface area contributed by atoms with Gasteiger partial charge in [0.2, 0.25) is 0 Å². The topological polar surface area (TPSA) is 93.5 Å². The molecule has 2 unspecified atom stereocenters. The van der Waals surface area contributed by atoms with E-state index < -0.39 is 17.5 Å². The van der Waals surface area contributed by atoms with Crippen LogP contribution in [0, 0.1) is 5.82 Å². The molecular formula is C28H37FN6O3. The fourth-order valence-electron chi connectivity index (χ4n) is 5.98. The van der Waals surface area contributed by atoms with Crippen LogP contribution < -0.4 is 15.1 Å². The van der Waals surface area contributed by atoms with E-state index in [4.69, 9.17) is 9.72 Å². The third kappa shape index (κ3) is 5.19. The van der Waals surface area contributed by atoms with Crippen LogP contribution in [0.3, 0.4) is 0 Å². The van der Waals surface area contributed by atoms with E-state index in [0.29, 0.717) is 30.2 Å². The maximum Gasteiger partial charge on any atom is 0.326 e. The fourth-order valence-corrected chi connectivity index (χ4v) is 5.98. The molecule has 2 saturated heterocycles. The summed E-state index contributed by atoms with van der Waals surface area (Å²) in [7, 11) is 1.51. The average Bonchev–Trinajstić information content (AvgIpc) is 3.53. The number of carbonyl (C=O) groups excluding carboxylic acids is 1. The number of rotatable bonds is 8. The van der Waals surface area contributed by atoms with Gasteiger partial charge >= 0.3 is 6.03 Å². The number of nitrogens with zero attached hydrogens (tertiary/aromatic N) is 5. The Morgan fingerprint density at radius 3 is 2.71 bits per heavy atom. The largest absolute Gasteiger partial charge is 0.497 e. The molecule has 2 amide bonds. The van der Waals surface area contributed by atoms with E-state index in [0.717, 1.165) is 50.2 Å². The highest BCUT2D eigenvalue weighted by molar-refractivity contribution is 5.94.